The normalized spacial score (nSPS) is 11.2. The van der Waals surface area contributed by atoms with Gasteiger partial charge in [-0.2, -0.15) is 0 Å². The van der Waals surface area contributed by atoms with Crippen LogP contribution in [0.4, 0.5) is 0 Å². The van der Waals surface area contributed by atoms with Crippen molar-refractivity contribution in [3.63, 3.8) is 0 Å². The van der Waals surface area contributed by atoms with E-state index in [1.165, 1.54) is 0 Å². The van der Waals surface area contributed by atoms with E-state index in [0.717, 1.165) is 27.2 Å². The van der Waals surface area contributed by atoms with Crippen LogP contribution >= 0.6 is 0 Å². The molecule has 0 unspecified atom stereocenters. The van der Waals surface area contributed by atoms with Crippen LogP contribution in [0.1, 0.15) is 11.3 Å². The van der Waals surface area contributed by atoms with E-state index >= 15 is 0 Å². The van der Waals surface area contributed by atoms with Gasteiger partial charge < -0.3 is 5.73 Å². The Morgan fingerprint density at radius 1 is 1.00 bits per heavy atom. The van der Waals surface area contributed by atoms with E-state index in [9.17, 15) is 0 Å². The maximum atomic E-state index is 5.75. The number of hydrogen-bond acceptors (Lipinski definition) is 2. The molecular weight excluding hydrogens is 208 g/mol. The summed E-state index contributed by atoms with van der Waals surface area (Å²) < 4.78 is 0. The first-order valence-corrected chi connectivity index (χ1v) is 5.56. The minimum atomic E-state index is 0.536. The van der Waals surface area contributed by atoms with E-state index in [-0.39, 0.29) is 0 Å². The number of nitrogens with zero attached hydrogens (tertiary/aromatic N) is 1. The van der Waals surface area contributed by atoms with Gasteiger partial charge in [-0.15, -0.1) is 0 Å². The molecule has 0 bridgehead atoms. The molecule has 2 radical (unpaired) electrons. The average Bonchev–Trinajstić information content (AvgIpc) is 2.38. The Labute approximate surface area is 100 Å². The number of aromatic nitrogens is 1. The molecule has 2 heteroatoms. The zero-order chi connectivity index (χ0) is 11.8. The summed E-state index contributed by atoms with van der Waals surface area (Å²) in [5.41, 5.74) is 8.26. The lowest BCUT2D eigenvalue weighted by molar-refractivity contribution is 1.08. The van der Waals surface area contributed by atoms with Gasteiger partial charge in [0.05, 0.1) is 5.52 Å². The second-order valence-electron chi connectivity index (χ2n) is 4.13. The van der Waals surface area contributed by atoms with E-state index in [1.54, 1.807) is 0 Å². The molecule has 1 aromatic heterocycles. The smallest absolute Gasteiger partial charge is 0.0783 e. The van der Waals surface area contributed by atoms with Crippen molar-refractivity contribution in [1.29, 1.82) is 0 Å². The summed E-state index contributed by atoms with van der Waals surface area (Å²) in [6.45, 7) is 6.29. The van der Waals surface area contributed by atoms with Gasteiger partial charge in [-0.1, -0.05) is 30.3 Å². The maximum Gasteiger partial charge on any atom is 0.0783 e. The van der Waals surface area contributed by atoms with Gasteiger partial charge >= 0.3 is 0 Å². The maximum absolute atomic E-state index is 5.75. The third kappa shape index (κ3) is 1.67. The van der Waals surface area contributed by atoms with Crippen LogP contribution in [0.25, 0.3) is 21.7 Å². The zero-order valence-corrected chi connectivity index (χ0v) is 9.35. The highest BCUT2D eigenvalue weighted by Gasteiger charge is 2.03. The molecule has 1 heterocycles. The number of pyridine rings is 1. The first-order valence-electron chi connectivity index (χ1n) is 5.56. The summed E-state index contributed by atoms with van der Waals surface area (Å²) in [5.74, 6) is 0. The summed E-state index contributed by atoms with van der Waals surface area (Å²) in [5, 5.41) is 3.37. The molecule has 2 nitrogen and oxygen atoms in total. The molecule has 0 atom stereocenters. The lowest BCUT2D eigenvalue weighted by Gasteiger charge is -2.05. The van der Waals surface area contributed by atoms with Gasteiger partial charge in [0.15, 0.2) is 0 Å². The van der Waals surface area contributed by atoms with Crippen LogP contribution in [0, 0.1) is 6.92 Å². The molecule has 2 aromatic carbocycles. The van der Waals surface area contributed by atoms with Crippen LogP contribution in [0.3, 0.4) is 0 Å². The lowest BCUT2D eigenvalue weighted by Crippen LogP contribution is -1.95. The first-order chi connectivity index (χ1) is 8.28. The predicted molar refractivity (Wildman–Crippen MR) is 70.5 cm³/mol. The van der Waals surface area contributed by atoms with Crippen LogP contribution in [-0.2, 0) is 6.54 Å². The second kappa shape index (κ2) is 3.82. The molecule has 2 N–H and O–H groups in total. The molecule has 0 amide bonds. The molecule has 0 aliphatic rings. The van der Waals surface area contributed by atoms with Crippen LogP contribution < -0.4 is 5.73 Å². The Balaban J connectivity index is 2.47. The predicted octanol–water partition coefficient (Wildman–Crippen LogP) is 2.91. The summed E-state index contributed by atoms with van der Waals surface area (Å²) in [7, 11) is 0. The van der Waals surface area contributed by atoms with Gasteiger partial charge in [0.1, 0.15) is 0 Å². The van der Waals surface area contributed by atoms with E-state index < -0.39 is 0 Å². The Morgan fingerprint density at radius 3 is 2.53 bits per heavy atom. The largest absolute Gasteiger partial charge is 0.326 e. The summed E-state index contributed by atoms with van der Waals surface area (Å²) in [4.78, 5) is 4.42. The number of benzene rings is 2. The van der Waals surface area contributed by atoms with Gasteiger partial charge in [0.25, 0.3) is 0 Å². The molecule has 3 rings (SSSR count). The monoisotopic (exact) mass is 220 g/mol. The van der Waals surface area contributed by atoms with Gasteiger partial charge in [-0.25, -0.2) is 0 Å². The second-order valence-corrected chi connectivity index (χ2v) is 4.13. The highest BCUT2D eigenvalue weighted by atomic mass is 14.7. The Kier molecular flexibility index (Phi) is 2.30. The van der Waals surface area contributed by atoms with Crippen LogP contribution in [0.2, 0.25) is 0 Å². The lowest BCUT2D eigenvalue weighted by atomic mass is 10.0. The van der Waals surface area contributed by atoms with Gasteiger partial charge in [-0.05, 0) is 23.1 Å². The van der Waals surface area contributed by atoms with Gasteiger partial charge in [0, 0.05) is 29.9 Å². The fourth-order valence-electron chi connectivity index (χ4n) is 2.10. The van der Waals surface area contributed by atoms with Crippen molar-refractivity contribution < 1.29 is 0 Å². The molecule has 0 aliphatic carbocycles. The van der Waals surface area contributed by atoms with Gasteiger partial charge in [0.2, 0.25) is 0 Å². The molecule has 17 heavy (non-hydrogen) atoms. The third-order valence-corrected chi connectivity index (χ3v) is 3.00. The minimum Gasteiger partial charge on any atom is -0.326 e. The van der Waals surface area contributed by atoms with Crippen molar-refractivity contribution in [1.82, 2.24) is 4.98 Å². The number of fused-ring (bicyclic) bond motifs is 3. The number of hydrogen-bond donors (Lipinski definition) is 1. The van der Waals surface area contributed by atoms with Crippen LogP contribution in [-0.4, -0.2) is 4.98 Å². The van der Waals surface area contributed by atoms with Gasteiger partial charge in [-0.3, -0.25) is 4.98 Å². The van der Waals surface area contributed by atoms with Crippen molar-refractivity contribution in [2.24, 2.45) is 5.73 Å². The molecule has 3 aromatic rings. The number of rotatable bonds is 1. The summed E-state index contributed by atoms with van der Waals surface area (Å²) in [6, 6.07) is 14.2. The van der Waals surface area contributed by atoms with E-state index in [1.807, 2.05) is 18.2 Å². The highest BCUT2D eigenvalue weighted by Crippen LogP contribution is 2.25. The molecule has 0 fully saturated rings. The molecule has 82 valence electrons. The minimum absolute atomic E-state index is 0.536. The van der Waals surface area contributed by atoms with Crippen molar-refractivity contribution >= 4 is 21.7 Å². The zero-order valence-electron chi connectivity index (χ0n) is 9.35. The Bertz CT molecular complexity index is 702. The van der Waals surface area contributed by atoms with Crippen LogP contribution in [0.5, 0.6) is 0 Å². The topological polar surface area (TPSA) is 38.9 Å². The first kappa shape index (κ1) is 10.2. The van der Waals surface area contributed by atoms with E-state index in [0.29, 0.717) is 12.2 Å². The fraction of sp³-hybridized carbons (Fsp3) is 0.0667. The van der Waals surface area contributed by atoms with Crippen LogP contribution in [0.15, 0.2) is 42.5 Å². The number of nitrogens with two attached hydrogens (primary N) is 1. The SMILES string of the molecule is [CH]c1ccc2ccc3ccc(CN)cc3c2n1. The summed E-state index contributed by atoms with van der Waals surface area (Å²) in [6.07, 6.45) is 0. The van der Waals surface area contributed by atoms with Crippen molar-refractivity contribution in [2.45, 2.75) is 6.54 Å². The van der Waals surface area contributed by atoms with E-state index in [2.05, 4.69) is 29.2 Å². The molecule has 0 saturated carbocycles. The quantitative estimate of drug-likeness (QED) is 0.640. The van der Waals surface area contributed by atoms with E-state index in [4.69, 9.17) is 12.7 Å². The van der Waals surface area contributed by atoms with Crippen molar-refractivity contribution in [2.75, 3.05) is 0 Å². The van der Waals surface area contributed by atoms with Crippen molar-refractivity contribution in [3.8, 4) is 0 Å². The third-order valence-electron chi connectivity index (χ3n) is 3.00. The standard InChI is InChI=1S/C15H12N2/c1-10-2-4-13-7-6-12-5-3-11(9-16)8-14(12)15(13)17-10/h1-8H,9,16H2. The average molecular weight is 220 g/mol. The molecular formula is C15H12N2. The fourth-order valence-corrected chi connectivity index (χ4v) is 2.10. The summed E-state index contributed by atoms with van der Waals surface area (Å²) >= 11 is 0. The molecule has 0 aliphatic heterocycles. The Morgan fingerprint density at radius 2 is 1.71 bits per heavy atom. The highest BCUT2D eigenvalue weighted by molar-refractivity contribution is 6.05. The van der Waals surface area contributed by atoms with Crippen molar-refractivity contribution in [3.05, 3.63) is 60.6 Å². The molecule has 0 saturated heterocycles. The molecule has 0 spiro atoms. The Hall–Kier alpha value is -1.93.